The van der Waals surface area contributed by atoms with E-state index in [9.17, 15) is 13.5 Å². The molecule has 5 heteroatoms. The average Bonchev–Trinajstić information content (AvgIpc) is 2.33. The molecule has 2 heterocycles. The van der Waals surface area contributed by atoms with Gasteiger partial charge in [-0.1, -0.05) is 0 Å². The van der Waals surface area contributed by atoms with Crippen molar-refractivity contribution in [2.45, 2.75) is 43.9 Å². The summed E-state index contributed by atoms with van der Waals surface area (Å²) in [5.74, 6) is 0.246. The van der Waals surface area contributed by atoms with E-state index in [0.717, 1.165) is 25.7 Å². The Kier molecular flexibility index (Phi) is 3.05. The Labute approximate surface area is 91.2 Å². The van der Waals surface area contributed by atoms with Gasteiger partial charge in [-0.2, -0.15) is 0 Å². The standard InChI is InChI=1S/C10H19NO3S/c1-15(13,14)5-4-11-8-2-3-9(11)7-10(12)6-8/h8-10,12H,2-7H2,1H3. The molecule has 2 aliphatic rings. The highest BCUT2D eigenvalue weighted by Crippen LogP contribution is 2.35. The summed E-state index contributed by atoms with van der Waals surface area (Å²) in [6.45, 7) is 0.640. The SMILES string of the molecule is CS(=O)(=O)CCN1C2CCC1CC(O)C2. The molecule has 0 aromatic heterocycles. The van der Waals surface area contributed by atoms with Crippen molar-refractivity contribution in [2.24, 2.45) is 0 Å². The van der Waals surface area contributed by atoms with Gasteiger partial charge in [-0.3, -0.25) is 4.90 Å². The molecule has 2 fully saturated rings. The summed E-state index contributed by atoms with van der Waals surface area (Å²) in [6, 6.07) is 0.834. The van der Waals surface area contributed by atoms with Gasteiger partial charge in [0.2, 0.25) is 0 Å². The Morgan fingerprint density at radius 3 is 2.27 bits per heavy atom. The van der Waals surface area contributed by atoms with Gasteiger partial charge in [0.15, 0.2) is 0 Å². The van der Waals surface area contributed by atoms with E-state index in [4.69, 9.17) is 0 Å². The number of sulfone groups is 1. The Bertz CT molecular complexity index is 314. The topological polar surface area (TPSA) is 57.6 Å². The summed E-state index contributed by atoms with van der Waals surface area (Å²) in [5.41, 5.74) is 0. The Morgan fingerprint density at radius 2 is 1.80 bits per heavy atom. The number of hydrogen-bond acceptors (Lipinski definition) is 4. The summed E-state index contributed by atoms with van der Waals surface area (Å²) >= 11 is 0. The summed E-state index contributed by atoms with van der Waals surface area (Å²) < 4.78 is 22.2. The summed E-state index contributed by atoms with van der Waals surface area (Å²) in [5, 5.41) is 9.59. The molecule has 15 heavy (non-hydrogen) atoms. The molecule has 0 radical (unpaired) electrons. The highest BCUT2D eigenvalue weighted by molar-refractivity contribution is 7.90. The monoisotopic (exact) mass is 233 g/mol. The molecule has 0 aromatic carbocycles. The Balaban J connectivity index is 1.94. The molecule has 2 rings (SSSR count). The first-order chi connectivity index (χ1) is 6.96. The van der Waals surface area contributed by atoms with Crippen LogP contribution in [0.25, 0.3) is 0 Å². The molecule has 4 nitrogen and oxygen atoms in total. The quantitative estimate of drug-likeness (QED) is 0.746. The lowest BCUT2D eigenvalue weighted by Crippen LogP contribution is -2.46. The smallest absolute Gasteiger partial charge is 0.148 e. The van der Waals surface area contributed by atoms with Crippen molar-refractivity contribution in [3.05, 3.63) is 0 Å². The van der Waals surface area contributed by atoms with E-state index in [1.165, 1.54) is 6.26 Å². The minimum atomic E-state index is -2.86. The maximum Gasteiger partial charge on any atom is 0.148 e. The largest absolute Gasteiger partial charge is 0.393 e. The first kappa shape index (κ1) is 11.4. The molecular formula is C10H19NO3S. The fourth-order valence-electron chi connectivity index (χ4n) is 2.88. The second kappa shape index (κ2) is 4.03. The average molecular weight is 233 g/mol. The Morgan fingerprint density at radius 1 is 1.27 bits per heavy atom. The number of nitrogens with zero attached hydrogens (tertiary/aromatic N) is 1. The molecule has 2 bridgehead atoms. The minimum Gasteiger partial charge on any atom is -0.393 e. The van der Waals surface area contributed by atoms with E-state index in [0.29, 0.717) is 18.6 Å². The van der Waals surface area contributed by atoms with Gasteiger partial charge < -0.3 is 5.11 Å². The van der Waals surface area contributed by atoms with Crippen molar-refractivity contribution < 1.29 is 13.5 Å². The molecule has 0 aromatic rings. The lowest BCUT2D eigenvalue weighted by molar-refractivity contribution is 0.0391. The second-order valence-electron chi connectivity index (χ2n) is 4.88. The van der Waals surface area contributed by atoms with E-state index in [-0.39, 0.29) is 11.9 Å². The van der Waals surface area contributed by atoms with Crippen LogP contribution in [0.2, 0.25) is 0 Å². The van der Waals surface area contributed by atoms with Crippen molar-refractivity contribution in [3.63, 3.8) is 0 Å². The zero-order valence-electron chi connectivity index (χ0n) is 9.09. The van der Waals surface area contributed by atoms with Crippen LogP contribution < -0.4 is 0 Å². The third-order valence-electron chi connectivity index (χ3n) is 3.58. The normalized spacial score (nSPS) is 37.1. The van der Waals surface area contributed by atoms with Crippen molar-refractivity contribution in [3.8, 4) is 0 Å². The third-order valence-corrected chi connectivity index (χ3v) is 4.50. The van der Waals surface area contributed by atoms with Crippen LogP contribution in [0.1, 0.15) is 25.7 Å². The molecule has 88 valence electrons. The number of piperidine rings is 1. The van der Waals surface area contributed by atoms with Gasteiger partial charge in [0.25, 0.3) is 0 Å². The summed E-state index contributed by atoms with van der Waals surface area (Å²) in [4.78, 5) is 2.29. The molecule has 0 aliphatic carbocycles. The molecular weight excluding hydrogens is 214 g/mol. The summed E-state index contributed by atoms with van der Waals surface area (Å²) in [6.07, 6.45) is 4.99. The molecule has 0 saturated carbocycles. The van der Waals surface area contributed by atoms with Crippen LogP contribution in [0.5, 0.6) is 0 Å². The van der Waals surface area contributed by atoms with Crippen LogP contribution in [-0.4, -0.2) is 55.2 Å². The molecule has 0 amide bonds. The molecule has 2 atom stereocenters. The van der Waals surface area contributed by atoms with Crippen LogP contribution in [0.4, 0.5) is 0 Å². The van der Waals surface area contributed by atoms with Crippen molar-refractivity contribution in [1.29, 1.82) is 0 Å². The highest BCUT2D eigenvalue weighted by atomic mass is 32.2. The second-order valence-corrected chi connectivity index (χ2v) is 7.14. The van der Waals surface area contributed by atoms with Gasteiger partial charge in [0, 0.05) is 24.9 Å². The van der Waals surface area contributed by atoms with Crippen molar-refractivity contribution >= 4 is 9.84 Å². The van der Waals surface area contributed by atoms with Gasteiger partial charge in [-0.05, 0) is 25.7 Å². The van der Waals surface area contributed by atoms with Crippen LogP contribution in [-0.2, 0) is 9.84 Å². The maximum atomic E-state index is 11.1. The van der Waals surface area contributed by atoms with E-state index in [1.807, 2.05) is 0 Å². The molecule has 0 spiro atoms. The predicted molar refractivity (Wildman–Crippen MR) is 58.5 cm³/mol. The van der Waals surface area contributed by atoms with Gasteiger partial charge in [-0.15, -0.1) is 0 Å². The van der Waals surface area contributed by atoms with Gasteiger partial charge in [0.1, 0.15) is 9.84 Å². The molecule has 1 N–H and O–H groups in total. The first-order valence-electron chi connectivity index (χ1n) is 5.57. The van der Waals surface area contributed by atoms with Gasteiger partial charge in [-0.25, -0.2) is 8.42 Å². The summed E-state index contributed by atoms with van der Waals surface area (Å²) in [7, 11) is -2.86. The predicted octanol–water partition coefficient (Wildman–Crippen LogP) is 0.0187. The highest BCUT2D eigenvalue weighted by Gasteiger charge is 2.39. The van der Waals surface area contributed by atoms with Crippen LogP contribution >= 0.6 is 0 Å². The van der Waals surface area contributed by atoms with Crippen LogP contribution in [0.15, 0.2) is 0 Å². The van der Waals surface area contributed by atoms with E-state index in [1.54, 1.807) is 0 Å². The van der Waals surface area contributed by atoms with Crippen LogP contribution in [0, 0.1) is 0 Å². The minimum absolute atomic E-state index is 0.169. The zero-order chi connectivity index (χ0) is 11.1. The molecule has 2 aliphatic heterocycles. The van der Waals surface area contributed by atoms with Gasteiger partial charge >= 0.3 is 0 Å². The first-order valence-corrected chi connectivity index (χ1v) is 7.63. The Hall–Kier alpha value is -0.130. The number of aliphatic hydroxyl groups excluding tert-OH is 1. The maximum absolute atomic E-state index is 11.1. The van der Waals surface area contributed by atoms with E-state index in [2.05, 4.69) is 4.90 Å². The van der Waals surface area contributed by atoms with E-state index < -0.39 is 9.84 Å². The molecule has 2 saturated heterocycles. The third kappa shape index (κ3) is 2.71. The number of aliphatic hydroxyl groups is 1. The number of fused-ring (bicyclic) bond motifs is 2. The zero-order valence-corrected chi connectivity index (χ0v) is 9.91. The van der Waals surface area contributed by atoms with Gasteiger partial charge in [0.05, 0.1) is 11.9 Å². The lowest BCUT2D eigenvalue weighted by atomic mass is 10.0. The molecule has 2 unspecified atom stereocenters. The van der Waals surface area contributed by atoms with Crippen molar-refractivity contribution in [1.82, 2.24) is 4.90 Å². The number of hydrogen-bond donors (Lipinski definition) is 1. The van der Waals surface area contributed by atoms with E-state index >= 15 is 0 Å². The fraction of sp³-hybridized carbons (Fsp3) is 1.00. The van der Waals surface area contributed by atoms with Crippen LogP contribution in [0.3, 0.4) is 0 Å². The fourth-order valence-corrected chi connectivity index (χ4v) is 3.42. The van der Waals surface area contributed by atoms with Crippen molar-refractivity contribution in [2.75, 3.05) is 18.6 Å². The lowest BCUT2D eigenvalue weighted by Gasteiger charge is -2.36. The number of rotatable bonds is 3.